The van der Waals surface area contributed by atoms with Crippen LogP contribution in [-0.4, -0.2) is 41.1 Å². The van der Waals surface area contributed by atoms with E-state index in [1.807, 2.05) is 12.3 Å². The predicted octanol–water partition coefficient (Wildman–Crippen LogP) is 1.93. The number of nitrogens with one attached hydrogen (secondary N) is 1. The van der Waals surface area contributed by atoms with Crippen LogP contribution in [0.5, 0.6) is 0 Å². The molecule has 1 aromatic carbocycles. The van der Waals surface area contributed by atoms with E-state index in [0.717, 1.165) is 4.90 Å². The molecule has 0 aromatic heterocycles. The Hall–Kier alpha value is -0.750. The van der Waals surface area contributed by atoms with Crippen molar-refractivity contribution in [3.05, 3.63) is 28.8 Å². The van der Waals surface area contributed by atoms with E-state index in [0.29, 0.717) is 17.0 Å². The number of carbonyl (C=O) groups is 1. The van der Waals surface area contributed by atoms with E-state index in [1.54, 1.807) is 19.1 Å². The van der Waals surface area contributed by atoms with Crippen molar-refractivity contribution < 1.29 is 15.0 Å². The molecule has 0 unspecified atom stereocenters. The number of aliphatic hydroxyl groups excluding tert-OH is 2. The summed E-state index contributed by atoms with van der Waals surface area (Å²) in [5.41, 5.74) is -0.677. The minimum Gasteiger partial charge on any atom is -0.394 e. The molecule has 1 aromatic rings. The van der Waals surface area contributed by atoms with Crippen molar-refractivity contribution in [2.45, 2.75) is 23.8 Å². The van der Waals surface area contributed by atoms with Crippen LogP contribution in [0.15, 0.2) is 23.1 Å². The highest BCUT2D eigenvalue weighted by Crippen LogP contribution is 2.23. The number of hydrogen-bond acceptors (Lipinski definition) is 4. The third kappa shape index (κ3) is 3.86. The van der Waals surface area contributed by atoms with Gasteiger partial charge in [0.25, 0.3) is 5.91 Å². The second-order valence-electron chi connectivity index (χ2n) is 4.25. The molecule has 6 heteroatoms. The standard InChI is InChI=1S/C13H18ClNO3S/c1-3-13(7-16,8-17)15-12(18)10-6-9(19-2)4-5-11(10)14/h4-6,16-17H,3,7-8H2,1-2H3,(H,15,18). The molecule has 0 saturated heterocycles. The summed E-state index contributed by atoms with van der Waals surface area (Å²) in [6.45, 7) is 1.13. The van der Waals surface area contributed by atoms with Crippen LogP contribution < -0.4 is 5.32 Å². The van der Waals surface area contributed by atoms with E-state index in [-0.39, 0.29) is 13.2 Å². The van der Waals surface area contributed by atoms with E-state index in [9.17, 15) is 15.0 Å². The van der Waals surface area contributed by atoms with Crippen LogP contribution in [0.1, 0.15) is 23.7 Å². The van der Waals surface area contributed by atoms with Gasteiger partial charge in [-0.1, -0.05) is 18.5 Å². The lowest BCUT2D eigenvalue weighted by atomic mass is 9.98. The van der Waals surface area contributed by atoms with Crippen LogP contribution in [0.25, 0.3) is 0 Å². The Balaban J connectivity index is 3.00. The van der Waals surface area contributed by atoms with Crippen LogP contribution >= 0.6 is 23.4 Å². The van der Waals surface area contributed by atoms with Gasteiger partial charge in [-0.25, -0.2) is 0 Å². The highest BCUT2D eigenvalue weighted by Gasteiger charge is 2.29. The second kappa shape index (κ2) is 7.14. The summed E-state index contributed by atoms with van der Waals surface area (Å²) < 4.78 is 0. The quantitative estimate of drug-likeness (QED) is 0.702. The normalized spacial score (nSPS) is 11.4. The number of carbonyl (C=O) groups excluding carboxylic acids is 1. The van der Waals surface area contributed by atoms with Crippen LogP contribution in [0.4, 0.5) is 0 Å². The first-order valence-corrected chi connectivity index (χ1v) is 7.50. The Morgan fingerprint density at radius 1 is 1.42 bits per heavy atom. The average molecular weight is 304 g/mol. The number of benzene rings is 1. The zero-order valence-electron chi connectivity index (χ0n) is 10.9. The minimum absolute atomic E-state index is 0.328. The van der Waals surface area contributed by atoms with Gasteiger partial charge in [0, 0.05) is 4.90 Å². The van der Waals surface area contributed by atoms with Crippen molar-refractivity contribution in [3.8, 4) is 0 Å². The Labute approximate surface area is 122 Å². The van der Waals surface area contributed by atoms with Gasteiger partial charge in [0.05, 0.1) is 29.3 Å². The maximum atomic E-state index is 12.2. The Bertz CT molecular complexity index is 441. The van der Waals surface area contributed by atoms with Crippen LogP contribution in [-0.2, 0) is 0 Å². The Kier molecular flexibility index (Phi) is 6.13. The van der Waals surface area contributed by atoms with Crippen LogP contribution in [0.2, 0.25) is 5.02 Å². The van der Waals surface area contributed by atoms with E-state index in [2.05, 4.69) is 5.32 Å². The molecule has 0 bridgehead atoms. The van der Waals surface area contributed by atoms with Gasteiger partial charge in [-0.05, 0) is 30.9 Å². The molecule has 19 heavy (non-hydrogen) atoms. The molecule has 106 valence electrons. The lowest BCUT2D eigenvalue weighted by Gasteiger charge is -2.29. The van der Waals surface area contributed by atoms with Crippen molar-refractivity contribution in [2.75, 3.05) is 19.5 Å². The molecule has 4 nitrogen and oxygen atoms in total. The van der Waals surface area contributed by atoms with Gasteiger partial charge >= 0.3 is 0 Å². The number of amides is 1. The molecule has 0 aliphatic carbocycles. The van der Waals surface area contributed by atoms with Crippen molar-refractivity contribution in [1.29, 1.82) is 0 Å². The minimum atomic E-state index is -1.02. The molecule has 0 aliphatic heterocycles. The van der Waals surface area contributed by atoms with Gasteiger partial charge in [-0.3, -0.25) is 4.79 Å². The molecule has 1 amide bonds. The largest absolute Gasteiger partial charge is 0.394 e. The summed E-state index contributed by atoms with van der Waals surface area (Å²) in [5, 5.41) is 21.7. The monoisotopic (exact) mass is 303 g/mol. The van der Waals surface area contributed by atoms with Gasteiger partial charge in [-0.2, -0.15) is 0 Å². The first kappa shape index (κ1) is 16.3. The lowest BCUT2D eigenvalue weighted by Crippen LogP contribution is -2.53. The topological polar surface area (TPSA) is 69.6 Å². The molecule has 3 N–H and O–H groups in total. The number of aliphatic hydroxyl groups is 2. The summed E-state index contributed by atoms with van der Waals surface area (Å²) in [7, 11) is 0. The smallest absolute Gasteiger partial charge is 0.253 e. The van der Waals surface area contributed by atoms with Crippen LogP contribution in [0.3, 0.4) is 0 Å². The molecule has 0 atom stereocenters. The Morgan fingerprint density at radius 3 is 2.53 bits per heavy atom. The average Bonchev–Trinajstić information content (AvgIpc) is 2.45. The first-order valence-electron chi connectivity index (χ1n) is 5.89. The fourth-order valence-electron chi connectivity index (χ4n) is 1.55. The Morgan fingerprint density at radius 2 is 2.05 bits per heavy atom. The summed E-state index contributed by atoms with van der Waals surface area (Å²) in [6.07, 6.45) is 2.33. The third-order valence-electron chi connectivity index (χ3n) is 3.08. The van der Waals surface area contributed by atoms with Crippen molar-refractivity contribution in [1.82, 2.24) is 5.32 Å². The van der Waals surface area contributed by atoms with Gasteiger partial charge in [0.2, 0.25) is 0 Å². The van der Waals surface area contributed by atoms with Gasteiger partial charge in [0.15, 0.2) is 0 Å². The fraction of sp³-hybridized carbons (Fsp3) is 0.462. The second-order valence-corrected chi connectivity index (χ2v) is 5.54. The van der Waals surface area contributed by atoms with Crippen molar-refractivity contribution >= 4 is 29.3 Å². The molecule has 0 heterocycles. The summed E-state index contributed by atoms with van der Waals surface area (Å²) in [6, 6.07) is 5.18. The SMILES string of the molecule is CCC(CO)(CO)NC(=O)c1cc(SC)ccc1Cl. The highest BCUT2D eigenvalue weighted by molar-refractivity contribution is 7.98. The van der Waals surface area contributed by atoms with E-state index in [4.69, 9.17) is 11.6 Å². The van der Waals surface area contributed by atoms with Gasteiger partial charge in [0.1, 0.15) is 0 Å². The fourth-order valence-corrected chi connectivity index (χ4v) is 2.20. The summed E-state index contributed by atoms with van der Waals surface area (Å²) in [4.78, 5) is 13.1. The number of halogens is 1. The predicted molar refractivity (Wildman–Crippen MR) is 77.9 cm³/mol. The molecule has 0 aliphatic rings. The third-order valence-corrected chi connectivity index (χ3v) is 4.13. The first-order chi connectivity index (χ1) is 9.01. The molecule has 1 rings (SSSR count). The van der Waals surface area contributed by atoms with Crippen molar-refractivity contribution in [3.63, 3.8) is 0 Å². The maximum absolute atomic E-state index is 12.2. The molecule has 0 spiro atoms. The molecule has 0 fully saturated rings. The summed E-state index contributed by atoms with van der Waals surface area (Å²) in [5.74, 6) is -0.397. The summed E-state index contributed by atoms with van der Waals surface area (Å²) >= 11 is 7.52. The lowest BCUT2D eigenvalue weighted by molar-refractivity contribution is 0.0653. The molecular formula is C13H18ClNO3S. The number of rotatable bonds is 6. The zero-order chi connectivity index (χ0) is 14.5. The van der Waals surface area contributed by atoms with Gasteiger partial charge < -0.3 is 15.5 Å². The molecule has 0 radical (unpaired) electrons. The van der Waals surface area contributed by atoms with E-state index >= 15 is 0 Å². The molecular weight excluding hydrogens is 286 g/mol. The number of thioether (sulfide) groups is 1. The van der Waals surface area contributed by atoms with Crippen molar-refractivity contribution in [2.24, 2.45) is 0 Å². The molecule has 0 saturated carbocycles. The zero-order valence-corrected chi connectivity index (χ0v) is 12.5. The highest BCUT2D eigenvalue weighted by atomic mass is 35.5. The van der Waals surface area contributed by atoms with E-state index in [1.165, 1.54) is 11.8 Å². The maximum Gasteiger partial charge on any atom is 0.253 e. The van der Waals surface area contributed by atoms with E-state index < -0.39 is 11.4 Å². The number of hydrogen-bond donors (Lipinski definition) is 3. The van der Waals surface area contributed by atoms with Gasteiger partial charge in [-0.15, -0.1) is 11.8 Å². The van der Waals surface area contributed by atoms with Crippen LogP contribution in [0, 0.1) is 0 Å².